The van der Waals surface area contributed by atoms with E-state index in [1.165, 1.54) is 25.7 Å². The second-order valence-corrected chi connectivity index (χ2v) is 8.41. The third-order valence-corrected chi connectivity index (χ3v) is 6.24. The maximum Gasteiger partial charge on any atom is 0.261 e. The third-order valence-electron chi connectivity index (χ3n) is 6.24. The first-order chi connectivity index (χ1) is 14.8. The Morgan fingerprint density at radius 3 is 2.97 bits per heavy atom. The smallest absolute Gasteiger partial charge is 0.261 e. The molecule has 3 aromatic heterocycles. The highest BCUT2D eigenvalue weighted by Crippen LogP contribution is 2.34. The normalized spacial score (nSPS) is 24.9. The molecule has 1 saturated carbocycles. The zero-order chi connectivity index (χ0) is 20.3. The fourth-order valence-electron chi connectivity index (χ4n) is 4.46. The Labute approximate surface area is 175 Å². The second kappa shape index (κ2) is 8.73. The van der Waals surface area contributed by atoms with Crippen LogP contribution in [0.2, 0.25) is 0 Å². The van der Waals surface area contributed by atoms with Gasteiger partial charge in [-0.15, -0.1) is 0 Å². The van der Waals surface area contributed by atoms with Gasteiger partial charge in [0.25, 0.3) is 5.89 Å². The molecule has 2 fully saturated rings. The highest BCUT2D eigenvalue weighted by Gasteiger charge is 2.25. The minimum Gasteiger partial charge on any atom is -0.380 e. The van der Waals surface area contributed by atoms with Gasteiger partial charge in [0.15, 0.2) is 12.1 Å². The van der Waals surface area contributed by atoms with E-state index in [-0.39, 0.29) is 12.9 Å². The number of nitrogens with zero attached hydrogens (tertiary/aromatic N) is 4. The van der Waals surface area contributed by atoms with Gasteiger partial charge in [-0.25, -0.2) is 4.52 Å². The maximum absolute atomic E-state index is 5.80. The van der Waals surface area contributed by atoms with Crippen molar-refractivity contribution >= 4 is 11.2 Å². The van der Waals surface area contributed by atoms with E-state index < -0.39 is 0 Å². The molecule has 160 valence electrons. The summed E-state index contributed by atoms with van der Waals surface area (Å²) in [5, 5.41) is 12.4. The highest BCUT2D eigenvalue weighted by atomic mass is 16.7. The van der Waals surface area contributed by atoms with Crippen molar-refractivity contribution in [3.63, 3.8) is 0 Å². The number of rotatable bonds is 6. The van der Waals surface area contributed by atoms with E-state index in [0.717, 1.165) is 42.6 Å². The SMILES string of the molecule is CC1CCCC[C@@H]1Nc1c(-c2nc(CO[C@@H]3CCCCO3)no2)cnn2cccc12. The largest absolute Gasteiger partial charge is 0.380 e. The molecular formula is C22H29N5O3. The van der Waals surface area contributed by atoms with E-state index in [0.29, 0.717) is 23.7 Å². The van der Waals surface area contributed by atoms with Crippen LogP contribution in [0, 0.1) is 5.92 Å². The van der Waals surface area contributed by atoms with Crippen molar-refractivity contribution in [1.29, 1.82) is 0 Å². The number of fused-ring (bicyclic) bond motifs is 1. The Balaban J connectivity index is 1.39. The lowest BCUT2D eigenvalue weighted by molar-refractivity contribution is -0.170. The molecule has 0 aromatic carbocycles. The van der Waals surface area contributed by atoms with E-state index in [9.17, 15) is 0 Å². The standard InChI is InChI=1S/C22H29N5O3/c1-15-7-2-3-8-17(15)24-21-16(13-23-27-11-6-9-18(21)27)22-25-19(26-30-22)14-29-20-10-4-5-12-28-20/h6,9,11,13,15,17,20,24H,2-5,7-8,10,12,14H2,1H3/t15?,17-,20+/m0/s1. The van der Waals surface area contributed by atoms with Crippen molar-refractivity contribution in [1.82, 2.24) is 19.8 Å². The summed E-state index contributed by atoms with van der Waals surface area (Å²) < 4.78 is 18.9. The molecule has 3 aromatic rings. The molecule has 0 radical (unpaired) electrons. The molecule has 8 heteroatoms. The molecule has 2 aliphatic rings. The monoisotopic (exact) mass is 411 g/mol. The Morgan fingerprint density at radius 2 is 2.10 bits per heavy atom. The van der Waals surface area contributed by atoms with Crippen molar-refractivity contribution in [2.75, 3.05) is 11.9 Å². The average molecular weight is 412 g/mol. The van der Waals surface area contributed by atoms with Crippen LogP contribution >= 0.6 is 0 Å². The first-order valence-electron chi connectivity index (χ1n) is 11.1. The van der Waals surface area contributed by atoms with Crippen LogP contribution in [0.15, 0.2) is 29.0 Å². The summed E-state index contributed by atoms with van der Waals surface area (Å²) in [6.07, 6.45) is 11.7. The summed E-state index contributed by atoms with van der Waals surface area (Å²) in [5.74, 6) is 1.60. The van der Waals surface area contributed by atoms with E-state index >= 15 is 0 Å². The zero-order valence-corrected chi connectivity index (χ0v) is 17.4. The van der Waals surface area contributed by atoms with Crippen molar-refractivity contribution in [2.24, 2.45) is 5.92 Å². The number of nitrogens with one attached hydrogen (secondary N) is 1. The molecular weight excluding hydrogens is 382 g/mol. The third kappa shape index (κ3) is 4.06. The molecule has 8 nitrogen and oxygen atoms in total. The molecule has 1 unspecified atom stereocenters. The molecule has 1 N–H and O–H groups in total. The minimum absolute atomic E-state index is 0.176. The van der Waals surface area contributed by atoms with Crippen LogP contribution in [-0.2, 0) is 16.1 Å². The molecule has 5 rings (SSSR count). The first-order valence-corrected chi connectivity index (χ1v) is 11.1. The van der Waals surface area contributed by atoms with Crippen LogP contribution in [0.1, 0.15) is 57.7 Å². The fourth-order valence-corrected chi connectivity index (χ4v) is 4.46. The lowest BCUT2D eigenvalue weighted by Gasteiger charge is -2.31. The van der Waals surface area contributed by atoms with Gasteiger partial charge in [-0.1, -0.05) is 24.9 Å². The fraction of sp³-hybridized carbons (Fsp3) is 0.591. The van der Waals surface area contributed by atoms with E-state index in [2.05, 4.69) is 33.5 Å². The van der Waals surface area contributed by atoms with E-state index in [4.69, 9.17) is 14.0 Å². The molecule has 30 heavy (non-hydrogen) atoms. The molecule has 0 bridgehead atoms. The van der Waals surface area contributed by atoms with Gasteiger partial charge in [0.1, 0.15) is 6.61 Å². The van der Waals surface area contributed by atoms with Crippen LogP contribution in [0.4, 0.5) is 5.69 Å². The van der Waals surface area contributed by atoms with Crippen LogP contribution in [0.5, 0.6) is 0 Å². The van der Waals surface area contributed by atoms with Crippen molar-refractivity contribution in [3.05, 3.63) is 30.4 Å². The summed E-state index contributed by atoms with van der Waals surface area (Å²) in [7, 11) is 0. The van der Waals surface area contributed by atoms with Crippen LogP contribution < -0.4 is 5.32 Å². The molecule has 0 amide bonds. The lowest BCUT2D eigenvalue weighted by Crippen LogP contribution is -2.30. The summed E-state index contributed by atoms with van der Waals surface area (Å²) in [6, 6.07) is 4.49. The quantitative estimate of drug-likeness (QED) is 0.642. The molecule has 1 aliphatic carbocycles. The van der Waals surface area contributed by atoms with Gasteiger partial charge in [-0.05, 0) is 50.2 Å². The van der Waals surface area contributed by atoms with Crippen LogP contribution in [-0.4, -0.2) is 38.7 Å². The zero-order valence-electron chi connectivity index (χ0n) is 17.4. The van der Waals surface area contributed by atoms with Gasteiger partial charge in [-0.2, -0.15) is 10.1 Å². The summed E-state index contributed by atoms with van der Waals surface area (Å²) in [4.78, 5) is 4.58. The maximum atomic E-state index is 5.80. The molecule has 0 spiro atoms. The van der Waals surface area contributed by atoms with Gasteiger partial charge in [0.2, 0.25) is 0 Å². The molecule has 4 heterocycles. The number of hydrogen-bond acceptors (Lipinski definition) is 7. The summed E-state index contributed by atoms with van der Waals surface area (Å²) in [5.41, 5.74) is 2.84. The predicted octanol–water partition coefficient (Wildman–Crippen LogP) is 4.42. The van der Waals surface area contributed by atoms with Crippen molar-refractivity contribution in [2.45, 2.75) is 70.8 Å². The Morgan fingerprint density at radius 1 is 1.20 bits per heavy atom. The van der Waals surface area contributed by atoms with Gasteiger partial charge < -0.3 is 19.3 Å². The van der Waals surface area contributed by atoms with Crippen LogP contribution in [0.3, 0.4) is 0 Å². The number of hydrogen-bond donors (Lipinski definition) is 1. The number of ether oxygens (including phenoxy) is 2. The second-order valence-electron chi connectivity index (χ2n) is 8.41. The first kappa shape index (κ1) is 19.5. The number of anilines is 1. The Kier molecular flexibility index (Phi) is 5.68. The van der Waals surface area contributed by atoms with E-state index in [1.54, 1.807) is 6.20 Å². The Hall–Kier alpha value is -2.45. The van der Waals surface area contributed by atoms with Gasteiger partial charge in [0.05, 0.1) is 23.0 Å². The Bertz CT molecular complexity index is 978. The van der Waals surface area contributed by atoms with Crippen molar-refractivity contribution in [3.8, 4) is 11.5 Å². The van der Waals surface area contributed by atoms with Gasteiger partial charge >= 0.3 is 0 Å². The highest BCUT2D eigenvalue weighted by molar-refractivity contribution is 5.85. The van der Waals surface area contributed by atoms with Crippen molar-refractivity contribution < 1.29 is 14.0 Å². The molecule has 3 atom stereocenters. The lowest BCUT2D eigenvalue weighted by atomic mass is 9.85. The van der Waals surface area contributed by atoms with E-state index in [1.807, 2.05) is 16.8 Å². The number of aromatic nitrogens is 4. The minimum atomic E-state index is -0.176. The summed E-state index contributed by atoms with van der Waals surface area (Å²) >= 11 is 0. The van der Waals surface area contributed by atoms with Crippen LogP contribution in [0.25, 0.3) is 17.0 Å². The summed E-state index contributed by atoms with van der Waals surface area (Å²) in [6.45, 7) is 3.35. The average Bonchev–Trinajstić information content (AvgIpc) is 3.44. The molecule has 1 aliphatic heterocycles. The topological polar surface area (TPSA) is 86.7 Å². The van der Waals surface area contributed by atoms with Gasteiger partial charge in [-0.3, -0.25) is 0 Å². The molecule has 1 saturated heterocycles. The predicted molar refractivity (Wildman–Crippen MR) is 112 cm³/mol. The van der Waals surface area contributed by atoms with Gasteiger partial charge in [0, 0.05) is 18.8 Å².